The Morgan fingerprint density at radius 3 is 1.08 bits per heavy atom. The summed E-state index contributed by atoms with van der Waals surface area (Å²) in [5, 5.41) is 9.78. The van der Waals surface area contributed by atoms with Gasteiger partial charge in [-0.25, -0.2) is 8.78 Å². The van der Waals surface area contributed by atoms with E-state index in [9.17, 15) is 74.6 Å². The molecule has 8 rings (SSSR count). The second-order valence-corrected chi connectivity index (χ2v) is 26.7. The van der Waals surface area contributed by atoms with Crippen LogP contribution in [0.2, 0.25) is 15.1 Å². The van der Waals surface area contributed by atoms with Crippen molar-refractivity contribution in [3.05, 3.63) is 263 Å². The Bertz CT molecular complexity index is 3680. The molecule has 0 radical (unpaired) electrons. The van der Waals surface area contributed by atoms with Crippen molar-refractivity contribution in [2.24, 2.45) is 0 Å². The molecule has 0 unspecified atom stereocenters. The summed E-state index contributed by atoms with van der Waals surface area (Å²) in [6.07, 6.45) is -17.4. The van der Waals surface area contributed by atoms with Crippen LogP contribution in [0, 0.1) is 18.6 Å². The van der Waals surface area contributed by atoms with Crippen molar-refractivity contribution in [1.82, 2.24) is 4.98 Å². The van der Waals surface area contributed by atoms with Crippen LogP contribution in [0.1, 0.15) is 244 Å². The zero-order valence-electron chi connectivity index (χ0n) is 59.4. The SMILES string of the molecule is C.CC(C)c1ccc(C(F)(F)F)cc1C(F)(F)F.CC(C)c1ccc(C(F)(F)F)cc1Cl.CC(C)c1ccc(Cl)cc1C(F)(F)F.CC(C)c1ccc(F)cc1C(F)(F)F.CC(C)c1ccc(F)cc1Cl.CC(C)c1ccc[n+](O)c1.COc1ccc(C(C)C)cc1.Cc1ccc(C(C)C)cn1. The minimum atomic E-state index is -4.78. The maximum atomic E-state index is 12.6. The third kappa shape index (κ3) is 34.0. The van der Waals surface area contributed by atoms with Crippen molar-refractivity contribution in [3.8, 4) is 5.75 Å². The van der Waals surface area contributed by atoms with Crippen LogP contribution < -0.4 is 9.47 Å². The zero-order chi connectivity index (χ0) is 78.0. The summed E-state index contributed by atoms with van der Waals surface area (Å²) in [5.74, 6) is 1.00. The van der Waals surface area contributed by atoms with E-state index in [2.05, 4.69) is 70.8 Å². The largest absolute Gasteiger partial charge is 0.497 e. The second kappa shape index (κ2) is 42.6. The van der Waals surface area contributed by atoms with Crippen molar-refractivity contribution in [3.63, 3.8) is 0 Å². The van der Waals surface area contributed by atoms with Gasteiger partial charge in [0.05, 0.1) is 34.9 Å². The summed E-state index contributed by atoms with van der Waals surface area (Å²) in [6, 6.07) is 32.5. The Morgan fingerprint density at radius 2 is 0.735 bits per heavy atom. The van der Waals surface area contributed by atoms with Crippen LogP contribution >= 0.6 is 34.8 Å². The van der Waals surface area contributed by atoms with Gasteiger partial charge in [-0.3, -0.25) is 10.2 Å². The molecular formula is C78H93Cl3F17N2O2+. The summed E-state index contributed by atoms with van der Waals surface area (Å²) in [5.41, 5.74) is 2.17. The van der Waals surface area contributed by atoms with E-state index >= 15 is 0 Å². The normalized spacial score (nSPS) is 11.5. The number of alkyl halides is 15. The molecule has 0 saturated carbocycles. The van der Waals surface area contributed by atoms with Crippen molar-refractivity contribution in [1.29, 1.82) is 0 Å². The van der Waals surface area contributed by atoms with Gasteiger partial charge in [-0.05, 0) is 178 Å². The number of nitrogens with zero attached hydrogens (tertiary/aromatic N) is 2. The lowest BCUT2D eigenvalue weighted by Gasteiger charge is -2.17. The van der Waals surface area contributed by atoms with Gasteiger partial charge in [0, 0.05) is 43.3 Å². The maximum Gasteiger partial charge on any atom is 0.416 e. The van der Waals surface area contributed by atoms with Gasteiger partial charge in [0.2, 0.25) is 12.4 Å². The van der Waals surface area contributed by atoms with Gasteiger partial charge < -0.3 is 4.74 Å². The highest BCUT2D eigenvalue weighted by Crippen LogP contribution is 2.41. The maximum absolute atomic E-state index is 12.6. The van der Waals surface area contributed by atoms with Crippen molar-refractivity contribution < 1.29 is 89.3 Å². The van der Waals surface area contributed by atoms with Crippen LogP contribution in [0.4, 0.5) is 74.6 Å². The van der Waals surface area contributed by atoms with Crippen LogP contribution in [0.25, 0.3) is 0 Å². The number of pyridine rings is 2. The average Bonchev–Trinajstić information content (AvgIpc) is 0.814. The van der Waals surface area contributed by atoms with Crippen molar-refractivity contribution in [2.75, 3.05) is 7.11 Å². The first kappa shape index (κ1) is 94.9. The lowest BCUT2D eigenvalue weighted by atomic mass is 9.95. The predicted octanol–water partition coefficient (Wildman–Crippen LogP) is 28.7. The standard InChI is InChI=1S/C11H10F6.2C10H10ClF3.C10H10F4.C10H14O.C9H10ClF.C9H13N.C8H12NO.CH4/c1-6(2)8-4-3-7(10(12,13)14)5-9(8)11(15,16)17;1-6(2)8-4-3-7(11)5-9(8)10(12,13)14;1-6(2)8-4-3-7(5-9(8)11)10(12,13)14;1-6(2)8-4-3-7(11)5-9(8)10(12,13)14;1-8(2)9-4-6-10(11-3)7-5-9;1-6(2)8-4-3-7(11)5-9(8)10;1-7(2)9-5-4-8(3)10-6-9;1-7(2)8-4-3-5-9(10)6-8;/h3-6H,1-2H3;3*3-6H,1-2H3;4-8H,1-3H3;3-6H,1-2H3;4-7H,1-3H3;3-7,10H,1-2H3;1H4/q;;;;;;;+1;. The Balaban J connectivity index is 0.00000115. The first-order chi connectivity index (χ1) is 46.2. The molecule has 24 heteroatoms. The molecule has 4 nitrogen and oxygen atoms in total. The summed E-state index contributed by atoms with van der Waals surface area (Å²) >= 11 is 17.0. The molecule has 0 bridgehead atoms. The highest BCUT2D eigenvalue weighted by Gasteiger charge is 2.39. The smallest absolute Gasteiger partial charge is 0.416 e. The van der Waals surface area contributed by atoms with Gasteiger partial charge in [-0.15, -0.1) is 0 Å². The second-order valence-electron chi connectivity index (χ2n) is 25.4. The zero-order valence-corrected chi connectivity index (χ0v) is 61.7. The van der Waals surface area contributed by atoms with E-state index in [-0.39, 0.29) is 63.8 Å². The van der Waals surface area contributed by atoms with Gasteiger partial charge in [0.25, 0.3) is 0 Å². The number of methoxy groups -OCH3 is 1. The minimum Gasteiger partial charge on any atom is -0.497 e. The fraction of sp³-hybridized carbons (Fsp3) is 0.410. The Kier molecular flexibility index (Phi) is 39.6. The van der Waals surface area contributed by atoms with Gasteiger partial charge in [0.1, 0.15) is 17.4 Å². The molecule has 0 aliphatic heterocycles. The summed E-state index contributed by atoms with van der Waals surface area (Å²) in [6.45, 7) is 32.4. The van der Waals surface area contributed by atoms with Crippen LogP contribution in [-0.4, -0.2) is 17.3 Å². The molecule has 0 aliphatic carbocycles. The third-order valence-corrected chi connectivity index (χ3v) is 15.5. The van der Waals surface area contributed by atoms with E-state index in [1.54, 1.807) is 53.3 Å². The predicted molar refractivity (Wildman–Crippen MR) is 377 cm³/mol. The Morgan fingerprint density at radius 1 is 0.382 bits per heavy atom. The van der Waals surface area contributed by atoms with E-state index in [1.807, 2.05) is 65.1 Å². The molecule has 6 aromatic carbocycles. The monoisotopic (exact) mass is 1520 g/mol. The van der Waals surface area contributed by atoms with E-state index < -0.39 is 70.4 Å². The van der Waals surface area contributed by atoms with E-state index in [4.69, 9.17) is 44.7 Å². The molecule has 0 atom stereocenters. The number of rotatable bonds is 9. The Labute approximate surface area is 605 Å². The number of halogens is 20. The fourth-order valence-electron chi connectivity index (χ4n) is 8.81. The number of ether oxygens (including phenoxy) is 1. The molecule has 102 heavy (non-hydrogen) atoms. The van der Waals surface area contributed by atoms with Crippen molar-refractivity contribution >= 4 is 34.8 Å². The lowest BCUT2D eigenvalue weighted by Crippen LogP contribution is -2.28. The molecule has 1 N–H and O–H groups in total. The summed E-state index contributed by atoms with van der Waals surface area (Å²) in [4.78, 5) is 4.20. The molecule has 0 aliphatic rings. The topological polar surface area (TPSA) is 46.2 Å². The number of benzene rings is 6. The van der Waals surface area contributed by atoms with E-state index in [0.717, 1.165) is 63.2 Å². The van der Waals surface area contributed by atoms with E-state index in [1.165, 1.54) is 61.4 Å². The first-order valence-corrected chi connectivity index (χ1v) is 33.0. The van der Waals surface area contributed by atoms with Gasteiger partial charge >= 0.3 is 30.9 Å². The molecular weight excluding hydrogens is 1430 g/mol. The van der Waals surface area contributed by atoms with Gasteiger partial charge in [-0.1, -0.05) is 202 Å². The van der Waals surface area contributed by atoms with Crippen LogP contribution in [0.15, 0.2) is 158 Å². The van der Waals surface area contributed by atoms with Crippen LogP contribution in [-0.2, 0) is 30.9 Å². The molecule has 2 aromatic heterocycles. The molecule has 2 heterocycles. The average molecular weight is 1520 g/mol. The summed E-state index contributed by atoms with van der Waals surface area (Å²) < 4.78 is 218. The lowest BCUT2D eigenvalue weighted by molar-refractivity contribution is -0.905. The van der Waals surface area contributed by atoms with Gasteiger partial charge in [-0.2, -0.15) is 65.9 Å². The fourth-order valence-corrected chi connectivity index (χ4v) is 9.77. The molecule has 0 amide bonds. The highest BCUT2D eigenvalue weighted by atomic mass is 35.5. The van der Waals surface area contributed by atoms with E-state index in [0.29, 0.717) is 40.8 Å². The molecule has 8 aromatic rings. The van der Waals surface area contributed by atoms with Crippen LogP contribution in [0.3, 0.4) is 0 Å². The number of hydrogen-bond acceptors (Lipinski definition) is 3. The number of aromatic nitrogens is 2. The van der Waals surface area contributed by atoms with Crippen LogP contribution in [0.5, 0.6) is 5.75 Å². The molecule has 0 spiro atoms. The highest BCUT2D eigenvalue weighted by molar-refractivity contribution is 6.32. The van der Waals surface area contributed by atoms with Crippen molar-refractivity contribution in [2.45, 2.75) is 203 Å². The summed E-state index contributed by atoms with van der Waals surface area (Å²) in [7, 11) is 1.68. The minimum absolute atomic E-state index is 0. The Hall–Kier alpha value is -7.10. The number of hydrogen-bond donors (Lipinski definition) is 1. The molecule has 0 saturated heterocycles. The first-order valence-electron chi connectivity index (χ1n) is 31.8. The molecule has 566 valence electrons. The third-order valence-electron chi connectivity index (χ3n) is 14.6. The quantitative estimate of drug-likeness (QED) is 0.0890. The molecule has 0 fully saturated rings. The van der Waals surface area contributed by atoms with Gasteiger partial charge in [0.15, 0.2) is 0 Å². The number of aryl methyl sites for hydroxylation is 1.